The topological polar surface area (TPSA) is 91.2 Å². The molecule has 0 saturated carbocycles. The van der Waals surface area contributed by atoms with Gasteiger partial charge in [-0.3, -0.25) is 4.79 Å². The molecule has 0 radical (unpaired) electrons. The van der Waals surface area contributed by atoms with Crippen molar-refractivity contribution in [1.82, 2.24) is 20.2 Å². The highest BCUT2D eigenvalue weighted by atomic mass is 16.5. The molecule has 0 amide bonds. The zero-order chi connectivity index (χ0) is 20.7. The molecule has 3 aromatic rings. The van der Waals surface area contributed by atoms with Crippen LogP contribution in [-0.2, 0) is 4.79 Å². The number of hydrogen-bond acceptors (Lipinski definition) is 7. The number of allylic oxidation sites excluding steroid dienone is 2. The van der Waals surface area contributed by atoms with Gasteiger partial charge in [0.1, 0.15) is 17.5 Å². The van der Waals surface area contributed by atoms with Crippen LogP contribution in [0, 0.1) is 0 Å². The largest absolute Gasteiger partial charge is 0.497 e. The minimum Gasteiger partial charge on any atom is -0.497 e. The van der Waals surface area contributed by atoms with Crippen molar-refractivity contribution in [3.63, 3.8) is 0 Å². The van der Waals surface area contributed by atoms with Crippen LogP contribution in [0.15, 0.2) is 59.8 Å². The fourth-order valence-corrected chi connectivity index (χ4v) is 4.37. The van der Waals surface area contributed by atoms with E-state index in [0.717, 1.165) is 16.8 Å². The third-order valence-corrected chi connectivity index (χ3v) is 5.78. The molecule has 30 heavy (non-hydrogen) atoms. The number of nitrogens with zero attached hydrogens (tertiary/aromatic N) is 4. The van der Waals surface area contributed by atoms with E-state index in [4.69, 9.17) is 9.47 Å². The monoisotopic (exact) mass is 403 g/mol. The van der Waals surface area contributed by atoms with Crippen LogP contribution in [0.2, 0.25) is 0 Å². The number of carbonyl (C=O) groups is 1. The van der Waals surface area contributed by atoms with Gasteiger partial charge in [-0.15, -0.1) is 0 Å². The smallest absolute Gasteiger partial charge is 0.248 e. The lowest BCUT2D eigenvalue weighted by atomic mass is 9.78. The second-order valence-electron chi connectivity index (χ2n) is 7.41. The third-order valence-electron chi connectivity index (χ3n) is 5.78. The minimum atomic E-state index is -0.486. The molecule has 0 bridgehead atoms. The van der Waals surface area contributed by atoms with E-state index in [1.165, 1.54) is 0 Å². The first-order valence-corrected chi connectivity index (χ1v) is 9.77. The van der Waals surface area contributed by atoms with Crippen LogP contribution in [0.4, 0.5) is 5.95 Å². The van der Waals surface area contributed by atoms with E-state index in [-0.39, 0.29) is 11.7 Å². The summed E-state index contributed by atoms with van der Waals surface area (Å²) in [5.74, 6) is 2.01. The Morgan fingerprint density at radius 2 is 1.90 bits per heavy atom. The maximum Gasteiger partial charge on any atom is 0.248 e. The highest BCUT2D eigenvalue weighted by Crippen LogP contribution is 2.46. The van der Waals surface area contributed by atoms with Crippen LogP contribution in [0.3, 0.4) is 0 Å². The van der Waals surface area contributed by atoms with Gasteiger partial charge in [0.05, 0.1) is 14.2 Å². The number of fused-ring (bicyclic) bond motifs is 1. The molecule has 0 saturated heterocycles. The number of anilines is 1. The van der Waals surface area contributed by atoms with Crippen molar-refractivity contribution in [2.45, 2.75) is 24.8 Å². The molecular weight excluding hydrogens is 382 g/mol. The average Bonchev–Trinajstić information content (AvgIpc) is 3.26. The van der Waals surface area contributed by atoms with Gasteiger partial charge in [0.25, 0.3) is 0 Å². The number of Topliss-reactive ketones (excluding diaryl/α,β-unsaturated/α-hetero) is 1. The first-order chi connectivity index (χ1) is 14.7. The Hall–Kier alpha value is -3.68. The van der Waals surface area contributed by atoms with Gasteiger partial charge >= 0.3 is 0 Å². The lowest BCUT2D eigenvalue weighted by Crippen LogP contribution is -2.33. The molecule has 5 rings (SSSR count). The molecule has 2 heterocycles. The summed E-state index contributed by atoms with van der Waals surface area (Å²) in [5.41, 5.74) is 3.47. The van der Waals surface area contributed by atoms with E-state index in [1.807, 2.05) is 36.4 Å². The standard InChI is InChI=1S/C22H21N5O3/c1-29-15-8-9-19(30-2)16(12-15)21-20-17(23-22-24-25-26-27(21)22)10-14(11-18(20)28)13-6-4-3-5-7-13/h3-9,12,14,21H,10-11H2,1-2H3,(H,23,24,26)/t14-,21+/m1/s1. The van der Waals surface area contributed by atoms with Gasteiger partial charge in [-0.05, 0) is 46.5 Å². The van der Waals surface area contributed by atoms with E-state index < -0.39 is 6.04 Å². The molecule has 2 atom stereocenters. The van der Waals surface area contributed by atoms with E-state index in [1.54, 1.807) is 18.9 Å². The molecule has 1 aromatic heterocycles. The zero-order valence-corrected chi connectivity index (χ0v) is 16.7. The summed E-state index contributed by atoms with van der Waals surface area (Å²) < 4.78 is 12.7. The highest BCUT2D eigenvalue weighted by Gasteiger charge is 2.40. The van der Waals surface area contributed by atoms with E-state index >= 15 is 0 Å². The van der Waals surface area contributed by atoms with Gasteiger partial charge in [0, 0.05) is 23.3 Å². The SMILES string of the molecule is COc1ccc(OC)c([C@H]2C3=C(C[C@@H](c4ccccc4)CC3=O)Nc3nnnn32)c1. The summed E-state index contributed by atoms with van der Waals surface area (Å²) in [6, 6.07) is 15.2. The van der Waals surface area contributed by atoms with Crippen LogP contribution in [0.5, 0.6) is 11.5 Å². The molecule has 0 spiro atoms. The Labute approximate surface area is 173 Å². The lowest BCUT2D eigenvalue weighted by molar-refractivity contribution is -0.116. The van der Waals surface area contributed by atoms with Gasteiger partial charge in [-0.2, -0.15) is 4.68 Å². The second-order valence-corrected chi connectivity index (χ2v) is 7.41. The molecule has 8 heteroatoms. The summed E-state index contributed by atoms with van der Waals surface area (Å²) in [6.07, 6.45) is 1.14. The molecule has 152 valence electrons. The lowest BCUT2D eigenvalue weighted by Gasteiger charge is -2.35. The molecule has 1 N–H and O–H groups in total. The summed E-state index contributed by atoms with van der Waals surface area (Å²) in [7, 11) is 3.22. The zero-order valence-electron chi connectivity index (χ0n) is 16.7. The van der Waals surface area contributed by atoms with Crippen LogP contribution < -0.4 is 14.8 Å². The number of rotatable bonds is 4. The van der Waals surface area contributed by atoms with E-state index in [9.17, 15) is 4.79 Å². The van der Waals surface area contributed by atoms with Gasteiger partial charge in [-0.25, -0.2) is 0 Å². The molecule has 2 aromatic carbocycles. The van der Waals surface area contributed by atoms with Gasteiger partial charge in [0.2, 0.25) is 5.95 Å². The molecule has 2 aliphatic rings. The number of ketones is 1. The number of benzene rings is 2. The van der Waals surface area contributed by atoms with Crippen molar-refractivity contribution in [1.29, 1.82) is 0 Å². The predicted octanol–water partition coefficient (Wildman–Crippen LogP) is 3.11. The van der Waals surface area contributed by atoms with E-state index in [0.29, 0.717) is 35.9 Å². The summed E-state index contributed by atoms with van der Waals surface area (Å²) in [4.78, 5) is 13.4. The van der Waals surface area contributed by atoms with Crippen molar-refractivity contribution in [2.75, 3.05) is 19.5 Å². The number of nitrogens with one attached hydrogen (secondary N) is 1. The number of methoxy groups -OCH3 is 2. The summed E-state index contributed by atoms with van der Waals surface area (Å²) in [6.45, 7) is 0. The van der Waals surface area contributed by atoms with Crippen molar-refractivity contribution >= 4 is 11.7 Å². The summed E-state index contributed by atoms with van der Waals surface area (Å²) in [5, 5.41) is 15.4. The number of ether oxygens (including phenoxy) is 2. The maximum absolute atomic E-state index is 13.4. The van der Waals surface area contributed by atoms with Crippen molar-refractivity contribution in [3.05, 3.63) is 70.9 Å². The molecule has 0 unspecified atom stereocenters. The minimum absolute atomic E-state index is 0.0774. The Morgan fingerprint density at radius 3 is 2.67 bits per heavy atom. The fourth-order valence-electron chi connectivity index (χ4n) is 4.37. The molecular formula is C22H21N5O3. The van der Waals surface area contributed by atoms with Crippen LogP contribution in [0.25, 0.3) is 0 Å². The molecule has 0 fully saturated rings. The van der Waals surface area contributed by atoms with Gasteiger partial charge in [0.15, 0.2) is 5.78 Å². The molecule has 1 aliphatic heterocycles. The Morgan fingerprint density at radius 1 is 1.07 bits per heavy atom. The number of carbonyl (C=O) groups excluding carboxylic acids is 1. The van der Waals surface area contributed by atoms with Crippen molar-refractivity contribution < 1.29 is 14.3 Å². The molecule has 1 aliphatic carbocycles. The first kappa shape index (κ1) is 18.4. The van der Waals surface area contributed by atoms with E-state index in [2.05, 4.69) is 33.0 Å². The second kappa shape index (κ2) is 7.29. The van der Waals surface area contributed by atoms with Crippen molar-refractivity contribution in [3.8, 4) is 11.5 Å². The fraction of sp³-hybridized carbons (Fsp3) is 0.273. The van der Waals surface area contributed by atoms with Crippen LogP contribution in [0.1, 0.15) is 35.9 Å². The summed E-state index contributed by atoms with van der Waals surface area (Å²) >= 11 is 0. The first-order valence-electron chi connectivity index (χ1n) is 9.77. The number of tetrazole rings is 1. The van der Waals surface area contributed by atoms with Gasteiger partial charge < -0.3 is 14.8 Å². The third kappa shape index (κ3) is 2.92. The number of aromatic nitrogens is 4. The predicted molar refractivity (Wildman–Crippen MR) is 110 cm³/mol. The highest BCUT2D eigenvalue weighted by molar-refractivity contribution is 6.00. The Balaban J connectivity index is 1.65. The quantitative estimate of drug-likeness (QED) is 0.716. The Bertz CT molecular complexity index is 1140. The average molecular weight is 403 g/mol. The normalized spacial score (nSPS) is 20.3. The molecule has 8 nitrogen and oxygen atoms in total. The van der Waals surface area contributed by atoms with Gasteiger partial charge in [-0.1, -0.05) is 35.4 Å². The Kier molecular flexibility index (Phi) is 4.46. The van der Waals surface area contributed by atoms with Crippen LogP contribution >= 0.6 is 0 Å². The number of hydrogen-bond donors (Lipinski definition) is 1. The maximum atomic E-state index is 13.4. The van der Waals surface area contributed by atoms with Crippen molar-refractivity contribution in [2.24, 2.45) is 0 Å². The van der Waals surface area contributed by atoms with Crippen LogP contribution in [-0.4, -0.2) is 40.2 Å².